The number of para-hydroxylation sites is 1. The normalized spacial score (nSPS) is 11.0. The Morgan fingerprint density at radius 1 is 1.04 bits per heavy atom. The first kappa shape index (κ1) is 23.0. The molecular formula is C19H23NaO5S. The molecule has 26 heavy (non-hydrogen) atoms. The van der Waals surface area contributed by atoms with Crippen molar-refractivity contribution in [3.63, 3.8) is 0 Å². The van der Waals surface area contributed by atoms with Crippen molar-refractivity contribution in [2.24, 2.45) is 0 Å². The second kappa shape index (κ2) is 10.9. The predicted octanol–water partition coefficient (Wildman–Crippen LogP) is 1.32. The number of hydrogen-bond acceptors (Lipinski definition) is 4. The zero-order chi connectivity index (χ0) is 18.3. The second-order valence-corrected chi connectivity index (χ2v) is 7.35. The zero-order valence-electron chi connectivity index (χ0n) is 15.3. The minimum atomic E-state index is -4.43. The zero-order valence-corrected chi connectivity index (χ0v) is 18.1. The first-order valence-corrected chi connectivity index (χ1v) is 9.90. The van der Waals surface area contributed by atoms with E-state index in [1.807, 2.05) is 0 Å². The molecule has 0 fully saturated rings. The topological polar surface area (TPSA) is 86.7 Å². The molecule has 0 saturated heterocycles. The van der Waals surface area contributed by atoms with Crippen LogP contribution in [0.2, 0.25) is 0 Å². The van der Waals surface area contributed by atoms with Crippen molar-refractivity contribution in [1.29, 1.82) is 0 Å². The Bertz CT molecular complexity index is 791. The molecule has 0 bridgehead atoms. The minimum Gasteiger partial charge on any atom is -0.870 e. The molecule has 0 saturated carbocycles. The Labute approximate surface area is 177 Å². The molecule has 0 aliphatic heterocycles. The summed E-state index contributed by atoms with van der Waals surface area (Å²) in [7, 11) is -4.43. The Hall–Kier alpha value is -1.05. The third-order valence-corrected chi connectivity index (χ3v) is 4.86. The van der Waals surface area contributed by atoms with Crippen LogP contribution in [0.25, 0.3) is 0 Å². The van der Waals surface area contributed by atoms with Gasteiger partial charge in [0.2, 0.25) is 0 Å². The number of hydrogen-bond donors (Lipinski definition) is 1. The summed E-state index contributed by atoms with van der Waals surface area (Å²) in [6, 6.07) is 11.0. The smallest absolute Gasteiger partial charge is 0.870 e. The van der Waals surface area contributed by atoms with Crippen molar-refractivity contribution in [3.8, 4) is 17.2 Å². The fourth-order valence-electron chi connectivity index (χ4n) is 2.63. The fourth-order valence-corrected chi connectivity index (χ4v) is 3.38. The molecule has 7 heteroatoms. The van der Waals surface area contributed by atoms with Crippen LogP contribution in [0.1, 0.15) is 44.6 Å². The van der Waals surface area contributed by atoms with Crippen LogP contribution >= 0.6 is 0 Å². The average molecular weight is 386 g/mol. The van der Waals surface area contributed by atoms with Crippen LogP contribution in [0.3, 0.4) is 0 Å². The first-order valence-electron chi connectivity index (χ1n) is 8.46. The van der Waals surface area contributed by atoms with Crippen LogP contribution in [0.4, 0.5) is 0 Å². The summed E-state index contributed by atoms with van der Waals surface area (Å²) < 4.78 is 38.4. The van der Waals surface area contributed by atoms with Gasteiger partial charge >= 0.3 is 29.6 Å². The van der Waals surface area contributed by atoms with Gasteiger partial charge in [0.25, 0.3) is 10.1 Å². The summed E-state index contributed by atoms with van der Waals surface area (Å²) >= 11 is 0. The van der Waals surface area contributed by atoms with Gasteiger partial charge in [0.05, 0.1) is 0 Å². The summed E-state index contributed by atoms with van der Waals surface area (Å²) in [5.74, 6) is -0.0958. The van der Waals surface area contributed by atoms with E-state index in [-0.39, 0.29) is 40.2 Å². The Morgan fingerprint density at radius 2 is 1.69 bits per heavy atom. The van der Waals surface area contributed by atoms with Gasteiger partial charge in [-0.1, -0.05) is 62.6 Å². The molecule has 5 nitrogen and oxygen atoms in total. The maximum atomic E-state index is 12.3. The maximum absolute atomic E-state index is 12.3. The molecule has 0 spiro atoms. The molecule has 136 valence electrons. The number of unbranched alkanes of at least 4 members (excludes halogenated alkanes) is 4. The summed E-state index contributed by atoms with van der Waals surface area (Å²) in [6.07, 6.45) is 5.46. The van der Waals surface area contributed by atoms with Gasteiger partial charge in [-0.05, 0) is 30.5 Å². The Morgan fingerprint density at radius 3 is 2.31 bits per heavy atom. The van der Waals surface area contributed by atoms with Gasteiger partial charge in [0, 0.05) is 6.07 Å². The van der Waals surface area contributed by atoms with Crippen molar-refractivity contribution in [3.05, 3.63) is 48.0 Å². The third-order valence-electron chi connectivity index (χ3n) is 3.93. The summed E-state index contributed by atoms with van der Waals surface area (Å²) in [5, 5.41) is 12.3. The van der Waals surface area contributed by atoms with Gasteiger partial charge in [0.1, 0.15) is 16.4 Å². The van der Waals surface area contributed by atoms with E-state index in [1.54, 1.807) is 30.3 Å². The maximum Gasteiger partial charge on any atom is 1.00 e. The molecule has 0 radical (unpaired) electrons. The number of aryl methyl sites for hydroxylation is 1. The summed E-state index contributed by atoms with van der Waals surface area (Å²) in [6.45, 7) is 2.12. The standard InChI is InChI=1S/C19H24O5S.Na/c1-2-3-4-5-7-10-15-13-17(20)18(14-19(15)25(21,22)23)24-16-11-8-6-9-12-16;/h6,8-9,11-14,20H,2-5,7,10H2,1H3,(H,21,22,23);/q;+1/p-1. The third kappa shape index (κ3) is 6.93. The average Bonchev–Trinajstić information content (AvgIpc) is 2.56. The van der Waals surface area contributed by atoms with E-state index in [9.17, 15) is 18.1 Å². The van der Waals surface area contributed by atoms with E-state index in [4.69, 9.17) is 4.74 Å². The van der Waals surface area contributed by atoms with Crippen molar-refractivity contribution < 1.29 is 52.4 Å². The van der Waals surface area contributed by atoms with Crippen LogP contribution in [-0.4, -0.2) is 13.0 Å². The SMILES string of the molecule is CCCCCCCc1cc([O-])c(Oc2ccccc2)cc1S(=O)(=O)O.[Na+]. The van der Waals surface area contributed by atoms with Crippen molar-refractivity contribution >= 4 is 10.1 Å². The number of rotatable bonds is 9. The van der Waals surface area contributed by atoms with E-state index in [0.717, 1.165) is 38.2 Å². The van der Waals surface area contributed by atoms with E-state index in [1.165, 1.54) is 6.07 Å². The quantitative estimate of drug-likeness (QED) is 0.399. The second-order valence-electron chi connectivity index (χ2n) is 5.96. The molecule has 0 aromatic heterocycles. The Kier molecular flexibility index (Phi) is 9.68. The fraction of sp³-hybridized carbons (Fsp3) is 0.368. The molecule has 2 aromatic carbocycles. The van der Waals surface area contributed by atoms with Gasteiger partial charge in [-0.2, -0.15) is 8.42 Å². The molecule has 0 aliphatic rings. The van der Waals surface area contributed by atoms with Gasteiger partial charge in [-0.25, -0.2) is 0 Å². The van der Waals surface area contributed by atoms with Crippen molar-refractivity contribution in [2.75, 3.05) is 0 Å². The van der Waals surface area contributed by atoms with Crippen molar-refractivity contribution in [2.45, 2.75) is 50.3 Å². The monoisotopic (exact) mass is 386 g/mol. The number of benzene rings is 2. The summed E-state index contributed by atoms with van der Waals surface area (Å²) in [4.78, 5) is -0.256. The van der Waals surface area contributed by atoms with Crippen LogP contribution in [-0.2, 0) is 16.5 Å². The summed E-state index contributed by atoms with van der Waals surface area (Å²) in [5.41, 5.74) is 0.337. The molecule has 0 aliphatic carbocycles. The Balaban J connectivity index is 0.00000338. The molecule has 0 amide bonds. The molecule has 1 N–H and O–H groups in total. The van der Waals surface area contributed by atoms with E-state index < -0.39 is 15.9 Å². The largest absolute Gasteiger partial charge is 1.00 e. The van der Waals surface area contributed by atoms with E-state index in [0.29, 0.717) is 17.7 Å². The number of ether oxygens (including phenoxy) is 1. The van der Waals surface area contributed by atoms with Crippen LogP contribution < -0.4 is 39.4 Å². The molecule has 0 heterocycles. The molecular weight excluding hydrogens is 363 g/mol. The van der Waals surface area contributed by atoms with Crippen LogP contribution in [0, 0.1) is 0 Å². The van der Waals surface area contributed by atoms with E-state index in [2.05, 4.69) is 6.92 Å². The van der Waals surface area contributed by atoms with E-state index >= 15 is 0 Å². The molecule has 0 atom stereocenters. The van der Waals surface area contributed by atoms with Gasteiger partial charge in [-0.3, -0.25) is 4.55 Å². The molecule has 2 aromatic rings. The van der Waals surface area contributed by atoms with Crippen molar-refractivity contribution in [1.82, 2.24) is 0 Å². The van der Waals surface area contributed by atoms with Crippen LogP contribution in [0.15, 0.2) is 47.4 Å². The predicted molar refractivity (Wildman–Crippen MR) is 94.7 cm³/mol. The van der Waals surface area contributed by atoms with Gasteiger partial charge < -0.3 is 9.84 Å². The molecule has 0 unspecified atom stereocenters. The first-order chi connectivity index (χ1) is 11.9. The van der Waals surface area contributed by atoms with Gasteiger partial charge in [-0.15, -0.1) is 0 Å². The van der Waals surface area contributed by atoms with Crippen LogP contribution in [0.5, 0.6) is 17.2 Å². The minimum absolute atomic E-state index is 0. The molecule has 2 rings (SSSR count). The van der Waals surface area contributed by atoms with Gasteiger partial charge in [0.15, 0.2) is 0 Å².